The molecule has 0 spiro atoms. The van der Waals surface area contributed by atoms with Crippen LogP contribution in [0.15, 0.2) is 29.3 Å². The molecule has 21 heavy (non-hydrogen) atoms. The summed E-state index contributed by atoms with van der Waals surface area (Å²) < 4.78 is 4.68. The van der Waals surface area contributed by atoms with Crippen LogP contribution in [0, 0.1) is 5.92 Å². The van der Waals surface area contributed by atoms with E-state index in [-0.39, 0.29) is 29.9 Å². The summed E-state index contributed by atoms with van der Waals surface area (Å²) in [5.74, 6) is 0.708. The van der Waals surface area contributed by atoms with Crippen LogP contribution in [0.5, 0.6) is 0 Å². The molecule has 0 fully saturated rings. The van der Waals surface area contributed by atoms with Gasteiger partial charge in [0.15, 0.2) is 5.96 Å². The number of rotatable bonds is 6. The standard InChI is InChI=1S/C15H23N3O2.HI/c1-11(2)7-8-17-15(16)18-10-12-5-4-6-13(9-12)14(19)20-3;/h4-6,9,11H,7-8,10H2,1-3H3,(H3,16,17,18);1H. The number of nitrogens with zero attached hydrogens (tertiary/aromatic N) is 1. The van der Waals surface area contributed by atoms with Gasteiger partial charge in [0.05, 0.1) is 19.2 Å². The Morgan fingerprint density at radius 2 is 2.14 bits per heavy atom. The van der Waals surface area contributed by atoms with Gasteiger partial charge in [-0.2, -0.15) is 0 Å². The van der Waals surface area contributed by atoms with Crippen molar-refractivity contribution in [2.75, 3.05) is 13.7 Å². The molecule has 3 N–H and O–H groups in total. The van der Waals surface area contributed by atoms with E-state index in [0.29, 0.717) is 24.0 Å². The van der Waals surface area contributed by atoms with Gasteiger partial charge in [0, 0.05) is 6.54 Å². The highest BCUT2D eigenvalue weighted by Crippen LogP contribution is 2.07. The van der Waals surface area contributed by atoms with Crippen molar-refractivity contribution >= 4 is 35.9 Å². The number of halogens is 1. The summed E-state index contributed by atoms with van der Waals surface area (Å²) in [6, 6.07) is 7.18. The lowest BCUT2D eigenvalue weighted by molar-refractivity contribution is 0.0600. The number of nitrogens with two attached hydrogens (primary N) is 1. The molecule has 0 bridgehead atoms. The molecule has 5 nitrogen and oxygen atoms in total. The van der Waals surface area contributed by atoms with Crippen molar-refractivity contribution in [3.63, 3.8) is 0 Å². The fourth-order valence-corrected chi connectivity index (χ4v) is 1.64. The Morgan fingerprint density at radius 1 is 1.43 bits per heavy atom. The third-order valence-corrected chi connectivity index (χ3v) is 2.81. The number of ether oxygens (including phenoxy) is 1. The number of esters is 1. The minimum absolute atomic E-state index is 0. The van der Waals surface area contributed by atoms with Crippen molar-refractivity contribution < 1.29 is 9.53 Å². The van der Waals surface area contributed by atoms with Gasteiger partial charge in [-0.05, 0) is 30.0 Å². The number of hydrogen-bond acceptors (Lipinski definition) is 3. The highest BCUT2D eigenvalue weighted by atomic mass is 127. The maximum Gasteiger partial charge on any atom is 0.337 e. The summed E-state index contributed by atoms with van der Waals surface area (Å²) in [5.41, 5.74) is 7.22. The van der Waals surface area contributed by atoms with Crippen LogP contribution in [0.3, 0.4) is 0 Å². The molecule has 0 heterocycles. The van der Waals surface area contributed by atoms with Gasteiger partial charge in [0.2, 0.25) is 0 Å². The quantitative estimate of drug-likeness (QED) is 0.330. The van der Waals surface area contributed by atoms with Crippen LogP contribution in [0.4, 0.5) is 0 Å². The average molecular weight is 405 g/mol. The van der Waals surface area contributed by atoms with Crippen LogP contribution >= 0.6 is 24.0 Å². The molecule has 0 aliphatic carbocycles. The monoisotopic (exact) mass is 405 g/mol. The molecule has 0 aliphatic heterocycles. The van der Waals surface area contributed by atoms with Gasteiger partial charge in [-0.15, -0.1) is 24.0 Å². The Hall–Kier alpha value is -1.31. The Bertz CT molecular complexity index is 476. The maximum atomic E-state index is 11.4. The van der Waals surface area contributed by atoms with E-state index in [2.05, 4.69) is 28.9 Å². The average Bonchev–Trinajstić information content (AvgIpc) is 2.44. The first-order valence-corrected chi connectivity index (χ1v) is 6.74. The number of carbonyl (C=O) groups excluding carboxylic acids is 1. The van der Waals surface area contributed by atoms with E-state index in [4.69, 9.17) is 5.73 Å². The smallest absolute Gasteiger partial charge is 0.337 e. The third-order valence-electron chi connectivity index (χ3n) is 2.81. The zero-order valence-corrected chi connectivity index (χ0v) is 15.1. The molecule has 1 aromatic rings. The normalized spacial score (nSPS) is 11.0. The van der Waals surface area contributed by atoms with Gasteiger partial charge in [0.25, 0.3) is 0 Å². The molecule has 0 aliphatic rings. The van der Waals surface area contributed by atoms with Crippen molar-refractivity contribution in [2.45, 2.75) is 26.8 Å². The molecule has 0 radical (unpaired) electrons. The summed E-state index contributed by atoms with van der Waals surface area (Å²) in [6.45, 7) is 5.57. The molecule has 6 heteroatoms. The largest absolute Gasteiger partial charge is 0.465 e. The molecule has 1 rings (SSSR count). The number of guanidine groups is 1. The van der Waals surface area contributed by atoms with E-state index >= 15 is 0 Å². The molecular weight excluding hydrogens is 381 g/mol. The van der Waals surface area contributed by atoms with Crippen molar-refractivity contribution in [1.29, 1.82) is 0 Å². The van der Waals surface area contributed by atoms with Crippen molar-refractivity contribution in [3.8, 4) is 0 Å². The Kier molecular flexibility index (Phi) is 9.77. The number of hydrogen-bond donors (Lipinski definition) is 2. The summed E-state index contributed by atoms with van der Waals surface area (Å²) >= 11 is 0. The SMILES string of the molecule is COC(=O)c1cccc(CN=C(N)NCCC(C)C)c1.I. The first-order chi connectivity index (χ1) is 9.52. The highest BCUT2D eigenvalue weighted by Gasteiger charge is 2.05. The first kappa shape index (κ1) is 19.7. The molecule has 0 amide bonds. The second kappa shape index (κ2) is 10.4. The Morgan fingerprint density at radius 3 is 2.76 bits per heavy atom. The summed E-state index contributed by atoms with van der Waals surface area (Å²) in [4.78, 5) is 15.7. The second-order valence-electron chi connectivity index (χ2n) is 5.00. The number of carbonyl (C=O) groups is 1. The molecule has 0 saturated carbocycles. The number of aliphatic imine (C=N–C) groups is 1. The molecule has 0 saturated heterocycles. The minimum Gasteiger partial charge on any atom is -0.465 e. The molecule has 0 atom stereocenters. The Balaban J connectivity index is 0.00000400. The van der Waals surface area contributed by atoms with Gasteiger partial charge < -0.3 is 15.8 Å². The lowest BCUT2D eigenvalue weighted by Gasteiger charge is -2.07. The van der Waals surface area contributed by atoms with Crippen LogP contribution in [0.1, 0.15) is 36.2 Å². The number of nitrogens with one attached hydrogen (secondary N) is 1. The predicted octanol–water partition coefficient (Wildman–Crippen LogP) is 2.54. The fraction of sp³-hybridized carbons (Fsp3) is 0.467. The summed E-state index contributed by atoms with van der Waals surface area (Å²) in [5, 5.41) is 3.07. The van der Waals surface area contributed by atoms with Gasteiger partial charge in [0.1, 0.15) is 0 Å². The zero-order valence-electron chi connectivity index (χ0n) is 12.8. The van der Waals surface area contributed by atoms with Crippen LogP contribution in [0.2, 0.25) is 0 Å². The summed E-state index contributed by atoms with van der Waals surface area (Å²) in [7, 11) is 1.36. The predicted molar refractivity (Wildman–Crippen MR) is 96.0 cm³/mol. The first-order valence-electron chi connectivity index (χ1n) is 6.74. The lowest BCUT2D eigenvalue weighted by Crippen LogP contribution is -2.32. The molecule has 0 unspecified atom stereocenters. The van der Waals surface area contributed by atoms with Gasteiger partial charge in [-0.1, -0.05) is 26.0 Å². The number of methoxy groups -OCH3 is 1. The third kappa shape index (κ3) is 7.89. The van der Waals surface area contributed by atoms with E-state index < -0.39 is 0 Å². The number of benzene rings is 1. The zero-order chi connectivity index (χ0) is 15.0. The van der Waals surface area contributed by atoms with Crippen LogP contribution in [-0.2, 0) is 11.3 Å². The second-order valence-corrected chi connectivity index (χ2v) is 5.00. The van der Waals surface area contributed by atoms with E-state index in [1.807, 2.05) is 6.07 Å². The molecule has 118 valence electrons. The van der Waals surface area contributed by atoms with Gasteiger partial charge in [-0.3, -0.25) is 0 Å². The van der Waals surface area contributed by atoms with Crippen molar-refractivity contribution in [1.82, 2.24) is 5.32 Å². The lowest BCUT2D eigenvalue weighted by atomic mass is 10.1. The highest BCUT2D eigenvalue weighted by molar-refractivity contribution is 14.0. The van der Waals surface area contributed by atoms with Gasteiger partial charge in [-0.25, -0.2) is 9.79 Å². The topological polar surface area (TPSA) is 76.7 Å². The van der Waals surface area contributed by atoms with Crippen molar-refractivity contribution in [3.05, 3.63) is 35.4 Å². The van der Waals surface area contributed by atoms with E-state index in [9.17, 15) is 4.79 Å². The summed E-state index contributed by atoms with van der Waals surface area (Å²) in [6.07, 6.45) is 1.05. The van der Waals surface area contributed by atoms with Crippen LogP contribution < -0.4 is 11.1 Å². The van der Waals surface area contributed by atoms with Crippen molar-refractivity contribution in [2.24, 2.45) is 16.6 Å². The Labute approximate surface area is 143 Å². The van der Waals surface area contributed by atoms with E-state index in [1.54, 1.807) is 18.2 Å². The fourth-order valence-electron chi connectivity index (χ4n) is 1.64. The maximum absolute atomic E-state index is 11.4. The van der Waals surface area contributed by atoms with E-state index in [0.717, 1.165) is 18.5 Å². The molecule has 1 aromatic carbocycles. The van der Waals surface area contributed by atoms with E-state index in [1.165, 1.54) is 7.11 Å². The molecule has 0 aromatic heterocycles. The van der Waals surface area contributed by atoms with Crippen LogP contribution in [0.25, 0.3) is 0 Å². The molecular formula is C15H24IN3O2. The minimum atomic E-state index is -0.348. The van der Waals surface area contributed by atoms with Gasteiger partial charge >= 0.3 is 5.97 Å². The van der Waals surface area contributed by atoms with Crippen LogP contribution in [-0.4, -0.2) is 25.6 Å².